The van der Waals surface area contributed by atoms with E-state index in [1.165, 1.54) is 16.7 Å². The lowest BCUT2D eigenvalue weighted by atomic mass is 9.96. The molecule has 0 aliphatic heterocycles. The third-order valence-corrected chi connectivity index (χ3v) is 4.45. The van der Waals surface area contributed by atoms with E-state index >= 15 is 0 Å². The Balaban J connectivity index is 1.94. The fraction of sp³-hybridized carbons (Fsp3) is 0.217. The van der Waals surface area contributed by atoms with Gasteiger partial charge in [0.25, 0.3) is 0 Å². The molecule has 128 valence electrons. The first-order valence-corrected chi connectivity index (χ1v) is 8.57. The SMILES string of the molecule is COc1ccc(C)cc1-c1cc(CCc2ccccc2)ccc1OC. The van der Waals surface area contributed by atoms with Crippen molar-refractivity contribution in [1.29, 1.82) is 0 Å². The molecule has 0 aromatic heterocycles. The fourth-order valence-electron chi connectivity index (χ4n) is 3.09. The minimum atomic E-state index is 0.865. The van der Waals surface area contributed by atoms with Crippen LogP contribution in [0.5, 0.6) is 11.5 Å². The summed E-state index contributed by atoms with van der Waals surface area (Å²) in [5.41, 5.74) is 6.00. The highest BCUT2D eigenvalue weighted by molar-refractivity contribution is 5.77. The molecule has 0 N–H and O–H groups in total. The Morgan fingerprint density at radius 3 is 1.92 bits per heavy atom. The van der Waals surface area contributed by atoms with E-state index in [1.54, 1.807) is 14.2 Å². The molecule has 3 aromatic carbocycles. The Bertz CT molecular complexity index is 838. The molecule has 0 saturated heterocycles. The van der Waals surface area contributed by atoms with Crippen molar-refractivity contribution < 1.29 is 9.47 Å². The number of methoxy groups -OCH3 is 2. The summed E-state index contributed by atoms with van der Waals surface area (Å²) in [7, 11) is 3.42. The smallest absolute Gasteiger partial charge is 0.126 e. The van der Waals surface area contributed by atoms with Gasteiger partial charge in [0, 0.05) is 11.1 Å². The molecular formula is C23H24O2. The standard InChI is InChI=1S/C23H24O2/c1-17-9-13-22(24-2)20(15-17)21-16-19(12-14-23(21)25-3)11-10-18-7-5-4-6-8-18/h4-9,12-16H,10-11H2,1-3H3. The van der Waals surface area contributed by atoms with Crippen LogP contribution in [-0.4, -0.2) is 14.2 Å². The number of benzene rings is 3. The minimum absolute atomic E-state index is 0.865. The Hall–Kier alpha value is -2.74. The van der Waals surface area contributed by atoms with Crippen molar-refractivity contribution in [3.8, 4) is 22.6 Å². The summed E-state index contributed by atoms with van der Waals surface area (Å²) in [5.74, 6) is 1.73. The molecule has 0 heterocycles. The van der Waals surface area contributed by atoms with E-state index in [0.29, 0.717) is 0 Å². The zero-order valence-electron chi connectivity index (χ0n) is 15.1. The molecule has 2 nitrogen and oxygen atoms in total. The lowest BCUT2D eigenvalue weighted by Crippen LogP contribution is -1.96. The first-order chi connectivity index (χ1) is 12.2. The van der Waals surface area contributed by atoms with Gasteiger partial charge in [-0.3, -0.25) is 0 Å². The van der Waals surface area contributed by atoms with E-state index in [9.17, 15) is 0 Å². The van der Waals surface area contributed by atoms with Crippen LogP contribution in [0, 0.1) is 6.92 Å². The highest BCUT2D eigenvalue weighted by atomic mass is 16.5. The average molecular weight is 332 g/mol. The molecule has 25 heavy (non-hydrogen) atoms. The number of hydrogen-bond acceptors (Lipinski definition) is 2. The minimum Gasteiger partial charge on any atom is -0.496 e. The quantitative estimate of drug-likeness (QED) is 0.596. The topological polar surface area (TPSA) is 18.5 Å². The molecule has 0 atom stereocenters. The van der Waals surface area contributed by atoms with Crippen LogP contribution in [0.4, 0.5) is 0 Å². The van der Waals surface area contributed by atoms with E-state index in [2.05, 4.69) is 67.6 Å². The summed E-state index contributed by atoms with van der Waals surface area (Å²) in [6.45, 7) is 2.09. The van der Waals surface area contributed by atoms with Crippen LogP contribution in [-0.2, 0) is 12.8 Å². The van der Waals surface area contributed by atoms with Gasteiger partial charge in [0.1, 0.15) is 11.5 Å². The first-order valence-electron chi connectivity index (χ1n) is 8.57. The first kappa shape index (κ1) is 17.1. The predicted octanol–water partition coefficient (Wildman–Crippen LogP) is 5.46. The molecular weight excluding hydrogens is 308 g/mol. The van der Waals surface area contributed by atoms with Crippen LogP contribution >= 0.6 is 0 Å². The number of hydrogen-bond donors (Lipinski definition) is 0. The van der Waals surface area contributed by atoms with Gasteiger partial charge >= 0.3 is 0 Å². The van der Waals surface area contributed by atoms with Gasteiger partial charge in [-0.1, -0.05) is 48.0 Å². The van der Waals surface area contributed by atoms with Crippen LogP contribution in [0.3, 0.4) is 0 Å². The van der Waals surface area contributed by atoms with Crippen molar-refractivity contribution in [3.05, 3.63) is 83.4 Å². The van der Waals surface area contributed by atoms with Crippen molar-refractivity contribution in [1.82, 2.24) is 0 Å². The Kier molecular flexibility index (Phi) is 5.39. The lowest BCUT2D eigenvalue weighted by Gasteiger charge is -2.15. The zero-order chi connectivity index (χ0) is 17.6. The van der Waals surface area contributed by atoms with Gasteiger partial charge in [-0.25, -0.2) is 0 Å². The molecule has 0 aliphatic rings. The fourth-order valence-corrected chi connectivity index (χ4v) is 3.09. The van der Waals surface area contributed by atoms with Crippen LogP contribution in [0.15, 0.2) is 66.7 Å². The van der Waals surface area contributed by atoms with Gasteiger partial charge in [0.15, 0.2) is 0 Å². The summed E-state index contributed by atoms with van der Waals surface area (Å²) in [6.07, 6.45) is 2.02. The highest BCUT2D eigenvalue weighted by Crippen LogP contribution is 2.37. The number of aryl methyl sites for hydroxylation is 3. The molecule has 0 radical (unpaired) electrons. The van der Waals surface area contributed by atoms with Crippen LogP contribution in [0.2, 0.25) is 0 Å². The van der Waals surface area contributed by atoms with E-state index in [-0.39, 0.29) is 0 Å². The molecule has 3 aromatic rings. The van der Waals surface area contributed by atoms with E-state index < -0.39 is 0 Å². The molecule has 0 amide bonds. The van der Waals surface area contributed by atoms with Crippen molar-refractivity contribution in [2.45, 2.75) is 19.8 Å². The van der Waals surface area contributed by atoms with Crippen molar-refractivity contribution in [2.24, 2.45) is 0 Å². The summed E-state index contributed by atoms with van der Waals surface area (Å²) >= 11 is 0. The maximum absolute atomic E-state index is 5.60. The average Bonchev–Trinajstić information content (AvgIpc) is 2.67. The van der Waals surface area contributed by atoms with Crippen molar-refractivity contribution in [3.63, 3.8) is 0 Å². The molecule has 3 rings (SSSR count). The monoisotopic (exact) mass is 332 g/mol. The molecule has 0 unspecified atom stereocenters. The third-order valence-electron chi connectivity index (χ3n) is 4.45. The maximum Gasteiger partial charge on any atom is 0.126 e. The molecule has 0 saturated carbocycles. The molecule has 2 heteroatoms. The van der Waals surface area contributed by atoms with Crippen LogP contribution in [0.1, 0.15) is 16.7 Å². The molecule has 0 spiro atoms. The summed E-state index contributed by atoms with van der Waals surface area (Å²) in [4.78, 5) is 0. The predicted molar refractivity (Wildman–Crippen MR) is 104 cm³/mol. The van der Waals surface area contributed by atoms with Gasteiger partial charge in [0.2, 0.25) is 0 Å². The Morgan fingerprint density at radius 1 is 0.640 bits per heavy atom. The number of ether oxygens (including phenoxy) is 2. The second-order valence-electron chi connectivity index (χ2n) is 6.22. The lowest BCUT2D eigenvalue weighted by molar-refractivity contribution is 0.410. The van der Waals surface area contributed by atoms with Gasteiger partial charge < -0.3 is 9.47 Å². The maximum atomic E-state index is 5.60. The third kappa shape index (κ3) is 4.03. The van der Waals surface area contributed by atoms with Gasteiger partial charge in [-0.05, 0) is 55.2 Å². The van der Waals surface area contributed by atoms with E-state index in [0.717, 1.165) is 35.5 Å². The van der Waals surface area contributed by atoms with Gasteiger partial charge in [-0.2, -0.15) is 0 Å². The van der Waals surface area contributed by atoms with E-state index in [4.69, 9.17) is 9.47 Å². The van der Waals surface area contributed by atoms with E-state index in [1.807, 2.05) is 6.07 Å². The summed E-state index contributed by atoms with van der Waals surface area (Å²) < 4.78 is 11.2. The van der Waals surface area contributed by atoms with Crippen molar-refractivity contribution >= 4 is 0 Å². The Labute approximate surface area is 150 Å². The second kappa shape index (κ2) is 7.89. The van der Waals surface area contributed by atoms with Gasteiger partial charge in [0.05, 0.1) is 14.2 Å². The van der Waals surface area contributed by atoms with Crippen molar-refractivity contribution in [2.75, 3.05) is 14.2 Å². The molecule has 0 aliphatic carbocycles. The Morgan fingerprint density at radius 2 is 1.24 bits per heavy atom. The number of rotatable bonds is 6. The summed E-state index contributed by atoms with van der Waals surface area (Å²) in [5, 5.41) is 0. The largest absolute Gasteiger partial charge is 0.496 e. The van der Waals surface area contributed by atoms with Gasteiger partial charge in [-0.15, -0.1) is 0 Å². The molecule has 0 bridgehead atoms. The highest BCUT2D eigenvalue weighted by Gasteiger charge is 2.12. The van der Waals surface area contributed by atoms with Crippen LogP contribution in [0.25, 0.3) is 11.1 Å². The zero-order valence-corrected chi connectivity index (χ0v) is 15.1. The molecule has 0 fully saturated rings. The second-order valence-corrected chi connectivity index (χ2v) is 6.22. The normalized spacial score (nSPS) is 10.5. The summed E-state index contributed by atoms with van der Waals surface area (Å²) in [6, 6.07) is 23.2. The van der Waals surface area contributed by atoms with Crippen LogP contribution < -0.4 is 9.47 Å².